The molecule has 1 aliphatic rings. The summed E-state index contributed by atoms with van der Waals surface area (Å²) in [6, 6.07) is 14.0. The standard InChI is InChI=1S/C21H20FN3O2/c1-13(2)14-3-5-15(6-4-14)21-23-20(24-27-21)16-11-19(26)25(12-16)18-9-7-17(22)8-10-18/h3-10,13,16H,11-12H2,1-2H3. The monoisotopic (exact) mass is 365 g/mol. The van der Waals surface area contributed by atoms with E-state index in [9.17, 15) is 9.18 Å². The summed E-state index contributed by atoms with van der Waals surface area (Å²) < 4.78 is 18.5. The molecule has 2 aromatic carbocycles. The number of nitrogens with zero attached hydrogens (tertiary/aromatic N) is 3. The summed E-state index contributed by atoms with van der Waals surface area (Å²) in [5.41, 5.74) is 2.78. The van der Waals surface area contributed by atoms with Gasteiger partial charge in [-0.1, -0.05) is 31.1 Å². The fourth-order valence-electron chi connectivity index (χ4n) is 3.28. The Labute approximate surface area is 156 Å². The summed E-state index contributed by atoms with van der Waals surface area (Å²) in [5.74, 6) is 0.936. The van der Waals surface area contributed by atoms with E-state index in [0.29, 0.717) is 36.3 Å². The molecule has 5 nitrogen and oxygen atoms in total. The minimum atomic E-state index is -0.326. The molecule has 0 N–H and O–H groups in total. The Hall–Kier alpha value is -3.02. The lowest BCUT2D eigenvalue weighted by molar-refractivity contribution is -0.117. The van der Waals surface area contributed by atoms with Crippen LogP contribution in [-0.4, -0.2) is 22.6 Å². The van der Waals surface area contributed by atoms with E-state index < -0.39 is 0 Å². The van der Waals surface area contributed by atoms with E-state index in [2.05, 4.69) is 36.1 Å². The smallest absolute Gasteiger partial charge is 0.257 e. The molecule has 1 unspecified atom stereocenters. The highest BCUT2D eigenvalue weighted by atomic mass is 19.1. The SMILES string of the molecule is CC(C)c1ccc(-c2nc(C3CC(=O)N(c4ccc(F)cc4)C3)no2)cc1. The molecule has 1 aromatic heterocycles. The number of amides is 1. The van der Waals surface area contributed by atoms with Crippen LogP contribution in [0.25, 0.3) is 11.5 Å². The van der Waals surface area contributed by atoms with Gasteiger partial charge in [-0.05, 0) is 47.9 Å². The van der Waals surface area contributed by atoms with Crippen LogP contribution < -0.4 is 4.90 Å². The molecule has 1 saturated heterocycles. The predicted molar refractivity (Wildman–Crippen MR) is 99.9 cm³/mol. The lowest BCUT2D eigenvalue weighted by Crippen LogP contribution is -2.24. The van der Waals surface area contributed by atoms with Crippen molar-refractivity contribution in [1.29, 1.82) is 0 Å². The van der Waals surface area contributed by atoms with Crippen molar-refractivity contribution in [2.45, 2.75) is 32.1 Å². The fraction of sp³-hybridized carbons (Fsp3) is 0.286. The first kappa shape index (κ1) is 17.4. The zero-order valence-electron chi connectivity index (χ0n) is 15.2. The maximum absolute atomic E-state index is 13.1. The number of hydrogen-bond acceptors (Lipinski definition) is 4. The summed E-state index contributed by atoms with van der Waals surface area (Å²) in [5, 5.41) is 4.08. The molecular weight excluding hydrogens is 345 g/mol. The first-order valence-corrected chi connectivity index (χ1v) is 9.01. The topological polar surface area (TPSA) is 59.2 Å². The van der Waals surface area contributed by atoms with E-state index in [1.54, 1.807) is 17.0 Å². The second-order valence-electron chi connectivity index (χ2n) is 7.12. The molecule has 1 atom stereocenters. The zero-order chi connectivity index (χ0) is 19.0. The first-order valence-electron chi connectivity index (χ1n) is 9.01. The highest BCUT2D eigenvalue weighted by Gasteiger charge is 2.34. The molecule has 0 radical (unpaired) electrons. The molecule has 1 amide bonds. The number of rotatable bonds is 4. The molecule has 0 spiro atoms. The molecule has 4 rings (SSSR count). The molecule has 27 heavy (non-hydrogen) atoms. The van der Waals surface area contributed by atoms with Crippen LogP contribution in [0.15, 0.2) is 53.1 Å². The maximum Gasteiger partial charge on any atom is 0.257 e. The Morgan fingerprint density at radius 3 is 2.48 bits per heavy atom. The third kappa shape index (κ3) is 3.47. The largest absolute Gasteiger partial charge is 0.334 e. The number of halogens is 1. The third-order valence-electron chi connectivity index (χ3n) is 4.89. The van der Waals surface area contributed by atoms with Crippen LogP contribution in [0.3, 0.4) is 0 Å². The Morgan fingerprint density at radius 2 is 1.81 bits per heavy atom. The van der Waals surface area contributed by atoms with E-state index in [-0.39, 0.29) is 17.6 Å². The van der Waals surface area contributed by atoms with E-state index in [1.807, 2.05) is 12.1 Å². The maximum atomic E-state index is 13.1. The van der Waals surface area contributed by atoms with Crippen LogP contribution in [0, 0.1) is 5.82 Å². The van der Waals surface area contributed by atoms with Gasteiger partial charge in [0.1, 0.15) is 5.82 Å². The fourth-order valence-corrected chi connectivity index (χ4v) is 3.28. The first-order chi connectivity index (χ1) is 13.0. The van der Waals surface area contributed by atoms with Crippen LogP contribution in [0.1, 0.15) is 43.5 Å². The molecule has 1 aliphatic heterocycles. The Bertz CT molecular complexity index is 948. The van der Waals surface area contributed by atoms with Gasteiger partial charge in [0.05, 0.1) is 0 Å². The number of hydrogen-bond donors (Lipinski definition) is 0. The molecule has 0 bridgehead atoms. The average Bonchev–Trinajstić information content (AvgIpc) is 3.29. The van der Waals surface area contributed by atoms with E-state index in [4.69, 9.17) is 4.52 Å². The molecule has 2 heterocycles. The third-order valence-corrected chi connectivity index (χ3v) is 4.89. The molecular formula is C21H20FN3O2. The van der Waals surface area contributed by atoms with Crippen LogP contribution in [-0.2, 0) is 4.79 Å². The highest BCUT2D eigenvalue weighted by Crippen LogP contribution is 2.31. The second kappa shape index (κ2) is 6.95. The van der Waals surface area contributed by atoms with Gasteiger partial charge in [-0.3, -0.25) is 4.79 Å². The van der Waals surface area contributed by atoms with Crippen molar-refractivity contribution in [1.82, 2.24) is 10.1 Å². The quantitative estimate of drug-likeness (QED) is 0.682. The lowest BCUT2D eigenvalue weighted by Gasteiger charge is -2.15. The van der Waals surface area contributed by atoms with Crippen molar-refractivity contribution >= 4 is 11.6 Å². The summed E-state index contributed by atoms with van der Waals surface area (Å²) in [4.78, 5) is 18.5. The van der Waals surface area contributed by atoms with Gasteiger partial charge in [-0.15, -0.1) is 0 Å². The highest BCUT2D eigenvalue weighted by molar-refractivity contribution is 5.96. The summed E-state index contributed by atoms with van der Waals surface area (Å²) in [7, 11) is 0. The summed E-state index contributed by atoms with van der Waals surface area (Å²) in [6.45, 7) is 4.74. The number of benzene rings is 2. The van der Waals surface area contributed by atoms with Crippen LogP contribution >= 0.6 is 0 Å². The van der Waals surface area contributed by atoms with Gasteiger partial charge in [0.25, 0.3) is 5.89 Å². The number of aromatic nitrogens is 2. The van der Waals surface area contributed by atoms with E-state index in [0.717, 1.165) is 5.56 Å². The predicted octanol–water partition coefficient (Wildman–Crippen LogP) is 4.52. The van der Waals surface area contributed by atoms with Crippen molar-refractivity contribution in [3.8, 4) is 11.5 Å². The molecule has 0 saturated carbocycles. The molecule has 1 fully saturated rings. The normalized spacial score (nSPS) is 17.1. The van der Waals surface area contributed by atoms with Crippen molar-refractivity contribution < 1.29 is 13.7 Å². The summed E-state index contributed by atoms with van der Waals surface area (Å²) >= 11 is 0. The van der Waals surface area contributed by atoms with Gasteiger partial charge in [-0.25, -0.2) is 4.39 Å². The average molecular weight is 365 g/mol. The molecule has 6 heteroatoms. The van der Waals surface area contributed by atoms with Crippen molar-refractivity contribution in [2.75, 3.05) is 11.4 Å². The Balaban J connectivity index is 1.52. The van der Waals surface area contributed by atoms with Gasteiger partial charge < -0.3 is 9.42 Å². The van der Waals surface area contributed by atoms with Crippen LogP contribution in [0.2, 0.25) is 0 Å². The second-order valence-corrected chi connectivity index (χ2v) is 7.12. The lowest BCUT2D eigenvalue weighted by atomic mass is 10.0. The van der Waals surface area contributed by atoms with Gasteiger partial charge >= 0.3 is 0 Å². The molecule has 0 aliphatic carbocycles. The van der Waals surface area contributed by atoms with Crippen LogP contribution in [0.5, 0.6) is 0 Å². The van der Waals surface area contributed by atoms with Crippen LogP contribution in [0.4, 0.5) is 10.1 Å². The minimum absolute atomic E-state index is 0.0285. The van der Waals surface area contributed by atoms with Gasteiger partial charge in [0.15, 0.2) is 5.82 Å². The molecule has 3 aromatic rings. The Morgan fingerprint density at radius 1 is 1.11 bits per heavy atom. The van der Waals surface area contributed by atoms with Gasteiger partial charge in [-0.2, -0.15) is 4.98 Å². The van der Waals surface area contributed by atoms with Gasteiger partial charge in [0, 0.05) is 30.1 Å². The summed E-state index contributed by atoms with van der Waals surface area (Å²) in [6.07, 6.45) is 0.308. The van der Waals surface area contributed by atoms with E-state index in [1.165, 1.54) is 17.7 Å². The number of carbonyl (C=O) groups is 1. The van der Waals surface area contributed by atoms with E-state index >= 15 is 0 Å². The van der Waals surface area contributed by atoms with Crippen molar-refractivity contribution in [3.63, 3.8) is 0 Å². The number of carbonyl (C=O) groups excluding carboxylic acids is 1. The number of anilines is 1. The zero-order valence-corrected chi connectivity index (χ0v) is 15.2. The van der Waals surface area contributed by atoms with Crippen molar-refractivity contribution in [2.24, 2.45) is 0 Å². The van der Waals surface area contributed by atoms with Gasteiger partial charge in [0.2, 0.25) is 5.91 Å². The minimum Gasteiger partial charge on any atom is -0.334 e. The molecule has 138 valence electrons. The van der Waals surface area contributed by atoms with Crippen molar-refractivity contribution in [3.05, 3.63) is 65.7 Å². The Kier molecular flexibility index (Phi) is 4.48.